The Morgan fingerprint density at radius 2 is 2.05 bits per heavy atom. The maximum atomic E-state index is 13.9. The van der Waals surface area contributed by atoms with Gasteiger partial charge in [0.1, 0.15) is 0 Å². The molecule has 1 aromatic carbocycles. The van der Waals surface area contributed by atoms with Gasteiger partial charge in [-0.05, 0) is 48.8 Å². The predicted octanol–water partition coefficient (Wildman–Crippen LogP) is 4.24. The number of rotatable bonds is 5. The van der Waals surface area contributed by atoms with Crippen LogP contribution in [0.2, 0.25) is 0 Å². The standard InChI is InChI=1S/C16H23F2N/c1-4-9-19-14-10-12(16(14,3)5-2)11-7-6-8-13(17)15(11)18/h6-8,12,14,19H,4-5,9-10H2,1-3H3. The largest absolute Gasteiger partial charge is 0.313 e. The molecule has 0 aromatic heterocycles. The molecule has 0 amide bonds. The summed E-state index contributed by atoms with van der Waals surface area (Å²) in [5.74, 6) is -1.29. The third kappa shape index (κ3) is 2.40. The zero-order valence-electron chi connectivity index (χ0n) is 12.0. The summed E-state index contributed by atoms with van der Waals surface area (Å²) in [7, 11) is 0. The Balaban J connectivity index is 2.20. The summed E-state index contributed by atoms with van der Waals surface area (Å²) in [6.45, 7) is 7.43. The van der Waals surface area contributed by atoms with Crippen LogP contribution >= 0.6 is 0 Å². The van der Waals surface area contributed by atoms with Crippen LogP contribution in [-0.4, -0.2) is 12.6 Å². The highest BCUT2D eigenvalue weighted by Gasteiger charge is 2.51. The highest BCUT2D eigenvalue weighted by molar-refractivity contribution is 5.30. The van der Waals surface area contributed by atoms with E-state index in [1.54, 1.807) is 12.1 Å². The van der Waals surface area contributed by atoms with Crippen molar-refractivity contribution in [2.45, 2.75) is 52.0 Å². The van der Waals surface area contributed by atoms with Gasteiger partial charge >= 0.3 is 0 Å². The molecule has 19 heavy (non-hydrogen) atoms. The summed E-state index contributed by atoms with van der Waals surface area (Å²) in [6, 6.07) is 4.93. The van der Waals surface area contributed by atoms with Crippen molar-refractivity contribution in [1.29, 1.82) is 0 Å². The molecule has 1 aliphatic rings. The molecule has 0 aliphatic heterocycles. The van der Waals surface area contributed by atoms with E-state index in [-0.39, 0.29) is 11.3 Å². The quantitative estimate of drug-likeness (QED) is 0.841. The fraction of sp³-hybridized carbons (Fsp3) is 0.625. The molecule has 3 heteroatoms. The average Bonchev–Trinajstić information content (AvgIpc) is 2.41. The second-order valence-electron chi connectivity index (χ2n) is 5.80. The lowest BCUT2D eigenvalue weighted by Gasteiger charge is -2.55. The van der Waals surface area contributed by atoms with Crippen molar-refractivity contribution in [3.05, 3.63) is 35.4 Å². The zero-order valence-corrected chi connectivity index (χ0v) is 12.0. The molecule has 0 saturated heterocycles. The van der Waals surface area contributed by atoms with Gasteiger partial charge in [0.05, 0.1) is 0 Å². The van der Waals surface area contributed by atoms with E-state index in [9.17, 15) is 8.78 Å². The lowest BCUT2D eigenvalue weighted by molar-refractivity contribution is 0.0421. The Morgan fingerprint density at radius 3 is 2.68 bits per heavy atom. The smallest absolute Gasteiger partial charge is 0.162 e. The van der Waals surface area contributed by atoms with Crippen molar-refractivity contribution in [3.8, 4) is 0 Å². The van der Waals surface area contributed by atoms with E-state index in [2.05, 4.69) is 26.1 Å². The van der Waals surface area contributed by atoms with Crippen LogP contribution in [0.4, 0.5) is 8.78 Å². The van der Waals surface area contributed by atoms with Gasteiger partial charge in [0.25, 0.3) is 0 Å². The van der Waals surface area contributed by atoms with Crippen LogP contribution in [0.1, 0.15) is 51.5 Å². The number of benzene rings is 1. The van der Waals surface area contributed by atoms with E-state index in [0.717, 1.165) is 25.8 Å². The van der Waals surface area contributed by atoms with Crippen molar-refractivity contribution >= 4 is 0 Å². The minimum absolute atomic E-state index is 0.0177. The molecule has 2 rings (SSSR count). The van der Waals surface area contributed by atoms with Crippen molar-refractivity contribution in [2.75, 3.05) is 6.54 Å². The second kappa shape index (κ2) is 5.58. The van der Waals surface area contributed by atoms with Gasteiger partial charge in [0.2, 0.25) is 0 Å². The number of hydrogen-bond donors (Lipinski definition) is 1. The number of hydrogen-bond acceptors (Lipinski definition) is 1. The van der Waals surface area contributed by atoms with Crippen LogP contribution in [0.25, 0.3) is 0 Å². The van der Waals surface area contributed by atoms with Crippen molar-refractivity contribution in [3.63, 3.8) is 0 Å². The highest BCUT2D eigenvalue weighted by atomic mass is 19.2. The number of halogens is 2. The Morgan fingerprint density at radius 1 is 1.32 bits per heavy atom. The molecule has 106 valence electrons. The van der Waals surface area contributed by atoms with Gasteiger partial charge in [-0.3, -0.25) is 0 Å². The van der Waals surface area contributed by atoms with Crippen molar-refractivity contribution in [2.24, 2.45) is 5.41 Å². The van der Waals surface area contributed by atoms with Gasteiger partial charge in [-0.25, -0.2) is 8.78 Å². The van der Waals surface area contributed by atoms with E-state index < -0.39 is 11.6 Å². The molecule has 3 atom stereocenters. The molecule has 3 unspecified atom stereocenters. The van der Waals surface area contributed by atoms with Gasteiger partial charge in [-0.2, -0.15) is 0 Å². The summed E-state index contributed by atoms with van der Waals surface area (Å²) < 4.78 is 27.3. The fourth-order valence-electron chi connectivity index (χ4n) is 3.26. The van der Waals surface area contributed by atoms with E-state index in [1.807, 2.05) is 0 Å². The first-order valence-corrected chi connectivity index (χ1v) is 7.21. The fourth-order valence-corrected chi connectivity index (χ4v) is 3.26. The van der Waals surface area contributed by atoms with Crippen LogP contribution in [0.15, 0.2) is 18.2 Å². The lowest BCUT2D eigenvalue weighted by atomic mass is 9.54. The first-order valence-electron chi connectivity index (χ1n) is 7.21. The Labute approximate surface area is 114 Å². The van der Waals surface area contributed by atoms with Crippen LogP contribution < -0.4 is 5.32 Å². The van der Waals surface area contributed by atoms with Crippen molar-refractivity contribution < 1.29 is 8.78 Å². The lowest BCUT2D eigenvalue weighted by Crippen LogP contribution is -2.57. The summed E-state index contributed by atoms with van der Waals surface area (Å²) in [5.41, 5.74) is 0.558. The molecule has 1 aromatic rings. The molecule has 0 bridgehead atoms. The Bertz CT molecular complexity index is 446. The van der Waals surface area contributed by atoms with Crippen LogP contribution in [0.5, 0.6) is 0 Å². The van der Waals surface area contributed by atoms with E-state index in [0.29, 0.717) is 11.6 Å². The maximum absolute atomic E-state index is 13.9. The average molecular weight is 267 g/mol. The van der Waals surface area contributed by atoms with Gasteiger partial charge in [-0.15, -0.1) is 0 Å². The van der Waals surface area contributed by atoms with Gasteiger partial charge in [0.15, 0.2) is 11.6 Å². The molecule has 1 N–H and O–H groups in total. The van der Waals surface area contributed by atoms with Crippen LogP contribution in [-0.2, 0) is 0 Å². The molecule has 0 spiro atoms. The predicted molar refractivity (Wildman–Crippen MR) is 74.2 cm³/mol. The minimum Gasteiger partial charge on any atom is -0.313 e. The van der Waals surface area contributed by atoms with E-state index in [4.69, 9.17) is 0 Å². The molecular formula is C16H23F2N. The Hall–Kier alpha value is -0.960. The highest BCUT2D eigenvalue weighted by Crippen LogP contribution is 2.55. The van der Waals surface area contributed by atoms with Crippen LogP contribution in [0, 0.1) is 17.0 Å². The third-order valence-corrected chi connectivity index (χ3v) is 4.82. The van der Waals surface area contributed by atoms with Gasteiger partial charge in [0, 0.05) is 6.04 Å². The molecular weight excluding hydrogens is 244 g/mol. The molecule has 1 nitrogen and oxygen atoms in total. The number of nitrogens with one attached hydrogen (secondary N) is 1. The second-order valence-corrected chi connectivity index (χ2v) is 5.80. The van der Waals surface area contributed by atoms with Crippen molar-refractivity contribution in [1.82, 2.24) is 5.32 Å². The molecule has 1 saturated carbocycles. The van der Waals surface area contributed by atoms with Gasteiger partial charge in [-0.1, -0.05) is 32.9 Å². The topological polar surface area (TPSA) is 12.0 Å². The van der Waals surface area contributed by atoms with E-state index >= 15 is 0 Å². The normalized spacial score (nSPS) is 30.2. The summed E-state index contributed by atoms with van der Waals surface area (Å²) in [4.78, 5) is 0. The Kier molecular flexibility index (Phi) is 4.24. The first kappa shape index (κ1) is 14.4. The summed E-state index contributed by atoms with van der Waals surface area (Å²) >= 11 is 0. The maximum Gasteiger partial charge on any atom is 0.162 e. The SMILES string of the molecule is CCCNC1CC(c2cccc(F)c2F)C1(C)CC. The molecule has 0 heterocycles. The molecule has 1 aliphatic carbocycles. The molecule has 1 fully saturated rings. The molecule has 0 radical (unpaired) electrons. The van der Waals surface area contributed by atoms with E-state index in [1.165, 1.54) is 6.07 Å². The summed E-state index contributed by atoms with van der Waals surface area (Å²) in [5, 5.41) is 3.53. The summed E-state index contributed by atoms with van der Waals surface area (Å²) in [6.07, 6.45) is 2.95. The monoisotopic (exact) mass is 267 g/mol. The van der Waals surface area contributed by atoms with Gasteiger partial charge < -0.3 is 5.32 Å². The first-order chi connectivity index (χ1) is 9.04. The van der Waals surface area contributed by atoms with Crippen LogP contribution in [0.3, 0.4) is 0 Å². The minimum atomic E-state index is -0.735. The zero-order chi connectivity index (χ0) is 14.0. The third-order valence-electron chi connectivity index (χ3n) is 4.82.